The highest BCUT2D eigenvalue weighted by Crippen LogP contribution is 2.32. The van der Waals surface area contributed by atoms with Crippen LogP contribution in [0.3, 0.4) is 0 Å². The molecule has 0 aliphatic carbocycles. The molecule has 2 rings (SSSR count). The molecule has 0 aliphatic rings. The lowest BCUT2D eigenvalue weighted by molar-refractivity contribution is 0.449. The van der Waals surface area contributed by atoms with Crippen molar-refractivity contribution >= 4 is 31.9 Å². The third-order valence-corrected chi connectivity index (χ3v) is 4.21. The molecular formula is C12H12Br2N2O. The van der Waals surface area contributed by atoms with Crippen LogP contribution in [0.1, 0.15) is 22.9 Å². The van der Waals surface area contributed by atoms with Gasteiger partial charge >= 0.3 is 0 Å². The Labute approximate surface area is 117 Å². The van der Waals surface area contributed by atoms with Gasteiger partial charge in [-0.3, -0.25) is 5.84 Å². The summed E-state index contributed by atoms with van der Waals surface area (Å²) in [6, 6.07) is 7.70. The Balaban J connectivity index is 2.50. The van der Waals surface area contributed by atoms with E-state index in [1.807, 2.05) is 31.2 Å². The van der Waals surface area contributed by atoms with Gasteiger partial charge in [-0.15, -0.1) is 0 Å². The second-order valence-corrected chi connectivity index (χ2v) is 5.40. The van der Waals surface area contributed by atoms with Crippen LogP contribution in [0, 0.1) is 6.92 Å². The van der Waals surface area contributed by atoms with Crippen molar-refractivity contribution in [1.82, 2.24) is 5.43 Å². The van der Waals surface area contributed by atoms with E-state index in [0.29, 0.717) is 0 Å². The van der Waals surface area contributed by atoms with Gasteiger partial charge in [-0.25, -0.2) is 5.43 Å². The molecule has 0 spiro atoms. The number of hydrogen-bond donors (Lipinski definition) is 2. The monoisotopic (exact) mass is 358 g/mol. The maximum absolute atomic E-state index is 5.64. The second kappa shape index (κ2) is 5.35. The van der Waals surface area contributed by atoms with Crippen LogP contribution in [0.15, 0.2) is 43.9 Å². The van der Waals surface area contributed by atoms with Gasteiger partial charge in [0.1, 0.15) is 11.8 Å². The van der Waals surface area contributed by atoms with Crippen molar-refractivity contribution in [3.8, 4) is 0 Å². The van der Waals surface area contributed by atoms with E-state index in [1.165, 1.54) is 0 Å². The number of nitrogens with one attached hydrogen (secondary N) is 1. The third kappa shape index (κ3) is 2.47. The molecular weight excluding hydrogens is 348 g/mol. The summed E-state index contributed by atoms with van der Waals surface area (Å²) < 4.78 is 7.42. The van der Waals surface area contributed by atoms with Crippen molar-refractivity contribution in [3.63, 3.8) is 0 Å². The number of rotatable bonds is 3. The van der Waals surface area contributed by atoms with Gasteiger partial charge < -0.3 is 4.42 Å². The third-order valence-electron chi connectivity index (χ3n) is 2.69. The van der Waals surface area contributed by atoms with Crippen LogP contribution in [0.25, 0.3) is 0 Å². The molecule has 0 fully saturated rings. The number of hydrogen-bond acceptors (Lipinski definition) is 3. The minimum Gasteiger partial charge on any atom is -0.466 e. The van der Waals surface area contributed by atoms with Crippen LogP contribution >= 0.6 is 31.9 Å². The summed E-state index contributed by atoms with van der Waals surface area (Å²) in [5.74, 6) is 6.41. The summed E-state index contributed by atoms with van der Waals surface area (Å²) >= 11 is 6.96. The molecule has 1 atom stereocenters. The summed E-state index contributed by atoms with van der Waals surface area (Å²) in [5, 5.41) is 0. The van der Waals surface area contributed by atoms with Crippen LogP contribution in [-0.4, -0.2) is 0 Å². The smallest absolute Gasteiger partial charge is 0.140 e. The predicted octanol–water partition coefficient (Wildman–Crippen LogP) is 3.67. The molecule has 2 aromatic rings. The van der Waals surface area contributed by atoms with Gasteiger partial charge in [0.25, 0.3) is 0 Å². The predicted molar refractivity (Wildman–Crippen MR) is 74.5 cm³/mol. The van der Waals surface area contributed by atoms with Crippen LogP contribution in [0.4, 0.5) is 0 Å². The van der Waals surface area contributed by atoms with E-state index in [0.717, 1.165) is 25.8 Å². The largest absolute Gasteiger partial charge is 0.466 e. The number of benzene rings is 1. The molecule has 1 unspecified atom stereocenters. The lowest BCUT2D eigenvalue weighted by Crippen LogP contribution is -2.29. The lowest BCUT2D eigenvalue weighted by Gasteiger charge is -2.17. The quantitative estimate of drug-likeness (QED) is 0.649. The average Bonchev–Trinajstić information content (AvgIpc) is 2.72. The Hall–Kier alpha value is -0.620. The normalized spacial score (nSPS) is 12.7. The van der Waals surface area contributed by atoms with E-state index < -0.39 is 0 Å². The van der Waals surface area contributed by atoms with Gasteiger partial charge in [0.15, 0.2) is 0 Å². The SMILES string of the molecule is Cc1c(Br)cccc1C(NN)c1occc1Br. The van der Waals surface area contributed by atoms with Crippen molar-refractivity contribution in [2.75, 3.05) is 0 Å². The minimum absolute atomic E-state index is 0.170. The number of halogens is 2. The van der Waals surface area contributed by atoms with Crippen molar-refractivity contribution < 1.29 is 4.42 Å². The molecule has 1 aromatic carbocycles. The van der Waals surface area contributed by atoms with Gasteiger partial charge in [-0.2, -0.15) is 0 Å². The summed E-state index contributed by atoms with van der Waals surface area (Å²) in [5.41, 5.74) is 5.00. The highest BCUT2D eigenvalue weighted by Gasteiger charge is 2.20. The molecule has 5 heteroatoms. The minimum atomic E-state index is -0.170. The standard InChI is InChI=1S/C12H12Br2N2O/c1-7-8(3-2-4-9(7)13)11(16-15)12-10(14)5-6-17-12/h2-6,11,16H,15H2,1H3. The zero-order valence-electron chi connectivity index (χ0n) is 9.21. The molecule has 3 nitrogen and oxygen atoms in total. The topological polar surface area (TPSA) is 51.2 Å². The van der Waals surface area contributed by atoms with Crippen LogP contribution < -0.4 is 11.3 Å². The summed E-state index contributed by atoms with van der Waals surface area (Å²) in [4.78, 5) is 0. The summed E-state index contributed by atoms with van der Waals surface area (Å²) in [7, 11) is 0. The summed E-state index contributed by atoms with van der Waals surface area (Å²) in [6.07, 6.45) is 1.64. The molecule has 0 aliphatic heterocycles. The van der Waals surface area contributed by atoms with Crippen LogP contribution in [0.5, 0.6) is 0 Å². The molecule has 1 aromatic heterocycles. The van der Waals surface area contributed by atoms with Gasteiger partial charge in [-0.1, -0.05) is 28.1 Å². The van der Waals surface area contributed by atoms with Gasteiger partial charge in [0.05, 0.1) is 10.7 Å². The first-order valence-electron chi connectivity index (χ1n) is 5.09. The molecule has 0 radical (unpaired) electrons. The highest BCUT2D eigenvalue weighted by molar-refractivity contribution is 9.10. The first kappa shape index (κ1) is 12.8. The van der Waals surface area contributed by atoms with E-state index in [2.05, 4.69) is 37.3 Å². The van der Waals surface area contributed by atoms with Crippen LogP contribution in [-0.2, 0) is 0 Å². The maximum atomic E-state index is 5.64. The first-order valence-corrected chi connectivity index (χ1v) is 6.67. The molecule has 0 bridgehead atoms. The number of furan rings is 1. The molecule has 3 N–H and O–H groups in total. The fourth-order valence-corrected chi connectivity index (χ4v) is 2.57. The van der Waals surface area contributed by atoms with Gasteiger partial charge in [0, 0.05) is 4.47 Å². The van der Waals surface area contributed by atoms with E-state index in [-0.39, 0.29) is 6.04 Å². The Kier molecular flexibility index (Phi) is 4.04. The second-order valence-electron chi connectivity index (χ2n) is 3.69. The highest BCUT2D eigenvalue weighted by atomic mass is 79.9. The Morgan fingerprint density at radius 1 is 1.24 bits per heavy atom. The zero-order valence-corrected chi connectivity index (χ0v) is 12.4. The van der Waals surface area contributed by atoms with Gasteiger partial charge in [0.2, 0.25) is 0 Å². The fourth-order valence-electron chi connectivity index (χ4n) is 1.76. The van der Waals surface area contributed by atoms with Gasteiger partial charge in [-0.05, 0) is 46.1 Å². The molecule has 0 amide bonds. The number of nitrogens with two attached hydrogens (primary N) is 1. The number of hydrazine groups is 1. The van der Waals surface area contributed by atoms with Crippen molar-refractivity contribution in [1.29, 1.82) is 0 Å². The summed E-state index contributed by atoms with van der Waals surface area (Å²) in [6.45, 7) is 2.04. The molecule has 0 saturated heterocycles. The van der Waals surface area contributed by atoms with E-state index >= 15 is 0 Å². The van der Waals surface area contributed by atoms with Crippen molar-refractivity contribution in [2.45, 2.75) is 13.0 Å². The van der Waals surface area contributed by atoms with E-state index in [4.69, 9.17) is 10.3 Å². The Morgan fingerprint density at radius 2 is 2.00 bits per heavy atom. The lowest BCUT2D eigenvalue weighted by atomic mass is 10.00. The molecule has 1 heterocycles. The van der Waals surface area contributed by atoms with Crippen molar-refractivity contribution in [3.05, 3.63) is 56.4 Å². The first-order chi connectivity index (χ1) is 8.15. The Bertz CT molecular complexity index is 525. The van der Waals surface area contributed by atoms with Crippen LogP contribution in [0.2, 0.25) is 0 Å². The molecule has 17 heavy (non-hydrogen) atoms. The fraction of sp³-hybridized carbons (Fsp3) is 0.167. The molecule has 0 saturated carbocycles. The zero-order chi connectivity index (χ0) is 12.4. The molecule has 90 valence electrons. The van der Waals surface area contributed by atoms with E-state index in [1.54, 1.807) is 6.26 Å². The average molecular weight is 360 g/mol. The Morgan fingerprint density at radius 3 is 2.59 bits per heavy atom. The van der Waals surface area contributed by atoms with E-state index in [9.17, 15) is 0 Å². The maximum Gasteiger partial charge on any atom is 0.140 e. The van der Waals surface area contributed by atoms with Crippen molar-refractivity contribution in [2.24, 2.45) is 5.84 Å².